The van der Waals surface area contributed by atoms with Crippen molar-refractivity contribution in [3.8, 4) is 11.8 Å². The molecule has 1 saturated heterocycles. The summed E-state index contributed by atoms with van der Waals surface area (Å²) in [4.78, 5) is 0. The highest BCUT2D eigenvalue weighted by Crippen LogP contribution is 2.42. The standard InChI is InChI=1S/C10H10N2O3/c1-14-7-3-5(4-11)2-6(8(7)12)9-10(13)15-9/h2-3,9-10,13H,12H2,1H3. The van der Waals surface area contributed by atoms with Crippen LogP contribution < -0.4 is 10.5 Å². The number of epoxide rings is 1. The van der Waals surface area contributed by atoms with Crippen molar-refractivity contribution in [2.45, 2.75) is 12.4 Å². The zero-order chi connectivity index (χ0) is 11.0. The Balaban J connectivity index is 2.48. The van der Waals surface area contributed by atoms with Crippen molar-refractivity contribution in [1.29, 1.82) is 5.26 Å². The van der Waals surface area contributed by atoms with E-state index in [4.69, 9.17) is 25.6 Å². The Hall–Kier alpha value is -1.77. The quantitative estimate of drug-likeness (QED) is 0.544. The van der Waals surface area contributed by atoms with E-state index >= 15 is 0 Å². The van der Waals surface area contributed by atoms with E-state index in [1.807, 2.05) is 6.07 Å². The van der Waals surface area contributed by atoms with E-state index in [1.165, 1.54) is 7.11 Å². The SMILES string of the molecule is COc1cc(C#N)cc(C2OC2O)c1N. The molecule has 5 nitrogen and oxygen atoms in total. The maximum absolute atomic E-state index is 9.13. The Labute approximate surface area is 86.6 Å². The molecule has 3 N–H and O–H groups in total. The molecule has 1 aliphatic heterocycles. The van der Waals surface area contributed by atoms with E-state index in [0.29, 0.717) is 22.6 Å². The molecule has 1 aromatic rings. The van der Waals surface area contributed by atoms with Gasteiger partial charge in [-0.3, -0.25) is 0 Å². The number of nitrogens with zero attached hydrogens (tertiary/aromatic N) is 1. The molecular formula is C10H10N2O3. The Morgan fingerprint density at radius 1 is 1.60 bits per heavy atom. The largest absolute Gasteiger partial charge is 0.495 e. The average Bonchev–Trinajstić information content (AvgIpc) is 2.96. The van der Waals surface area contributed by atoms with E-state index in [-0.39, 0.29) is 0 Å². The van der Waals surface area contributed by atoms with Crippen LogP contribution in [-0.2, 0) is 4.74 Å². The van der Waals surface area contributed by atoms with Crippen LogP contribution in [-0.4, -0.2) is 18.5 Å². The molecule has 0 spiro atoms. The number of hydrogen-bond donors (Lipinski definition) is 2. The third-order valence-corrected chi connectivity index (χ3v) is 2.30. The van der Waals surface area contributed by atoms with Crippen molar-refractivity contribution in [3.63, 3.8) is 0 Å². The predicted octanol–water partition coefficient (Wildman–Crippen LogP) is 0.539. The summed E-state index contributed by atoms with van der Waals surface area (Å²) < 4.78 is 9.92. The van der Waals surface area contributed by atoms with Crippen LogP contribution in [0.5, 0.6) is 5.75 Å². The molecule has 0 aliphatic carbocycles. The molecule has 1 aliphatic rings. The molecule has 0 amide bonds. The lowest BCUT2D eigenvalue weighted by Crippen LogP contribution is -2.00. The van der Waals surface area contributed by atoms with Crippen LogP contribution in [0.4, 0.5) is 5.69 Å². The summed E-state index contributed by atoms with van der Waals surface area (Å²) in [6.45, 7) is 0. The lowest BCUT2D eigenvalue weighted by atomic mass is 10.1. The third-order valence-electron chi connectivity index (χ3n) is 2.30. The average molecular weight is 206 g/mol. The van der Waals surface area contributed by atoms with Gasteiger partial charge in [-0.15, -0.1) is 0 Å². The molecule has 0 saturated carbocycles. The number of aliphatic hydroxyl groups excluding tert-OH is 1. The summed E-state index contributed by atoms with van der Waals surface area (Å²) in [6.07, 6.45) is -1.27. The van der Waals surface area contributed by atoms with Gasteiger partial charge in [0.05, 0.1) is 24.4 Å². The van der Waals surface area contributed by atoms with E-state index in [2.05, 4.69) is 0 Å². The topological polar surface area (TPSA) is 91.8 Å². The molecule has 1 fully saturated rings. The second-order valence-electron chi connectivity index (χ2n) is 3.24. The van der Waals surface area contributed by atoms with Crippen molar-refractivity contribution in [2.75, 3.05) is 12.8 Å². The van der Waals surface area contributed by atoms with E-state index in [9.17, 15) is 0 Å². The molecule has 15 heavy (non-hydrogen) atoms. The second-order valence-corrected chi connectivity index (χ2v) is 3.24. The number of hydrogen-bond acceptors (Lipinski definition) is 5. The molecule has 0 radical (unpaired) electrons. The fourth-order valence-electron chi connectivity index (χ4n) is 1.45. The van der Waals surface area contributed by atoms with Gasteiger partial charge in [0.15, 0.2) is 6.29 Å². The Morgan fingerprint density at radius 3 is 2.73 bits per heavy atom. The molecule has 2 unspecified atom stereocenters. The molecule has 0 aromatic heterocycles. The van der Waals surface area contributed by atoms with E-state index < -0.39 is 12.4 Å². The minimum atomic E-state index is -0.828. The number of nitrogen functional groups attached to an aromatic ring is 1. The van der Waals surface area contributed by atoms with Crippen LogP contribution in [0.15, 0.2) is 12.1 Å². The van der Waals surface area contributed by atoms with Crippen LogP contribution in [0, 0.1) is 11.3 Å². The maximum atomic E-state index is 9.13. The Kier molecular flexibility index (Phi) is 2.23. The van der Waals surface area contributed by atoms with Gasteiger partial charge in [0.25, 0.3) is 0 Å². The highest BCUT2D eigenvalue weighted by Gasteiger charge is 2.40. The first-order valence-electron chi connectivity index (χ1n) is 4.38. The Morgan fingerprint density at radius 2 is 2.27 bits per heavy atom. The summed E-state index contributed by atoms with van der Waals surface area (Å²) in [5.74, 6) is 0.423. The fraction of sp³-hybridized carbons (Fsp3) is 0.300. The molecule has 78 valence electrons. The van der Waals surface area contributed by atoms with Crippen molar-refractivity contribution >= 4 is 5.69 Å². The summed E-state index contributed by atoms with van der Waals surface area (Å²) in [7, 11) is 1.47. The summed E-state index contributed by atoms with van der Waals surface area (Å²) in [6, 6.07) is 5.14. The number of nitrogens with two attached hydrogens (primary N) is 1. The summed E-state index contributed by atoms with van der Waals surface area (Å²) in [5.41, 5.74) is 7.22. The summed E-state index contributed by atoms with van der Waals surface area (Å²) >= 11 is 0. The van der Waals surface area contributed by atoms with Gasteiger partial charge >= 0.3 is 0 Å². The van der Waals surface area contributed by atoms with E-state index in [0.717, 1.165) is 0 Å². The van der Waals surface area contributed by atoms with Crippen LogP contribution in [0.25, 0.3) is 0 Å². The van der Waals surface area contributed by atoms with Crippen molar-refractivity contribution in [2.24, 2.45) is 0 Å². The van der Waals surface area contributed by atoms with Crippen molar-refractivity contribution in [3.05, 3.63) is 23.3 Å². The Bertz CT molecular complexity index is 439. The number of anilines is 1. The number of aliphatic hydroxyl groups is 1. The van der Waals surface area contributed by atoms with Gasteiger partial charge < -0.3 is 20.3 Å². The third kappa shape index (κ3) is 1.61. The monoisotopic (exact) mass is 206 g/mol. The fourth-order valence-corrected chi connectivity index (χ4v) is 1.45. The number of methoxy groups -OCH3 is 1. The normalized spacial score (nSPS) is 23.3. The molecule has 2 atom stereocenters. The van der Waals surface area contributed by atoms with Gasteiger partial charge in [-0.2, -0.15) is 5.26 Å². The number of ether oxygens (including phenoxy) is 2. The second kappa shape index (κ2) is 3.42. The first kappa shape index (κ1) is 9.77. The highest BCUT2D eigenvalue weighted by molar-refractivity contribution is 5.63. The molecule has 1 aromatic carbocycles. The smallest absolute Gasteiger partial charge is 0.186 e. The van der Waals surface area contributed by atoms with Gasteiger partial charge in [0.2, 0.25) is 0 Å². The first-order chi connectivity index (χ1) is 7.17. The zero-order valence-electron chi connectivity index (χ0n) is 8.10. The number of rotatable bonds is 2. The van der Waals surface area contributed by atoms with Gasteiger partial charge in [0.1, 0.15) is 11.9 Å². The van der Waals surface area contributed by atoms with Crippen LogP contribution >= 0.6 is 0 Å². The van der Waals surface area contributed by atoms with Crippen LogP contribution in [0.3, 0.4) is 0 Å². The van der Waals surface area contributed by atoms with E-state index in [1.54, 1.807) is 12.1 Å². The van der Waals surface area contributed by atoms with Gasteiger partial charge in [-0.1, -0.05) is 0 Å². The van der Waals surface area contributed by atoms with Crippen LogP contribution in [0.1, 0.15) is 17.2 Å². The van der Waals surface area contributed by atoms with Crippen LogP contribution in [0.2, 0.25) is 0 Å². The van der Waals surface area contributed by atoms with Gasteiger partial charge in [-0.05, 0) is 6.07 Å². The lowest BCUT2D eigenvalue weighted by Gasteiger charge is -2.08. The number of nitriles is 1. The lowest BCUT2D eigenvalue weighted by molar-refractivity contribution is 0.156. The maximum Gasteiger partial charge on any atom is 0.186 e. The first-order valence-corrected chi connectivity index (χ1v) is 4.38. The summed E-state index contributed by atoms with van der Waals surface area (Å²) in [5, 5.41) is 17.9. The van der Waals surface area contributed by atoms with Gasteiger partial charge in [0, 0.05) is 11.6 Å². The number of benzene rings is 1. The van der Waals surface area contributed by atoms with Crippen molar-refractivity contribution in [1.82, 2.24) is 0 Å². The predicted molar refractivity (Wildman–Crippen MR) is 52.0 cm³/mol. The minimum absolute atomic E-state index is 0.401. The highest BCUT2D eigenvalue weighted by atomic mass is 16.7. The molecule has 0 bridgehead atoms. The molecular weight excluding hydrogens is 196 g/mol. The van der Waals surface area contributed by atoms with Crippen molar-refractivity contribution < 1.29 is 14.6 Å². The zero-order valence-corrected chi connectivity index (χ0v) is 8.10. The minimum Gasteiger partial charge on any atom is -0.495 e. The molecule has 5 heteroatoms. The molecule has 2 rings (SSSR count). The molecule has 1 heterocycles. The van der Waals surface area contributed by atoms with Gasteiger partial charge in [-0.25, -0.2) is 0 Å².